The summed E-state index contributed by atoms with van der Waals surface area (Å²) in [5.74, 6) is 0.607. The summed E-state index contributed by atoms with van der Waals surface area (Å²) in [7, 11) is 0. The molecule has 3 aromatic rings. The zero-order chi connectivity index (χ0) is 13.2. The predicted molar refractivity (Wildman–Crippen MR) is 76.8 cm³/mol. The molecule has 0 amide bonds. The van der Waals surface area contributed by atoms with E-state index in [1.165, 1.54) is 23.3 Å². The second-order valence-corrected chi connectivity index (χ2v) is 5.45. The van der Waals surface area contributed by atoms with Crippen molar-refractivity contribution in [2.45, 2.75) is 17.8 Å². The average Bonchev–Trinajstić information content (AvgIpc) is 2.78. The summed E-state index contributed by atoms with van der Waals surface area (Å²) in [5, 5.41) is 0.821. The van der Waals surface area contributed by atoms with Crippen LogP contribution in [0.15, 0.2) is 47.6 Å². The Morgan fingerprint density at radius 1 is 1.21 bits per heavy atom. The molecule has 96 valence electrons. The van der Waals surface area contributed by atoms with E-state index < -0.39 is 0 Å². The summed E-state index contributed by atoms with van der Waals surface area (Å²) in [4.78, 5) is 7.57. The van der Waals surface area contributed by atoms with Gasteiger partial charge in [0.25, 0.3) is 0 Å². The fourth-order valence-corrected chi connectivity index (χ4v) is 2.81. The molecule has 0 unspecified atom stereocenters. The number of H-pyrrole nitrogens is 1. The molecule has 1 heterocycles. The van der Waals surface area contributed by atoms with Crippen molar-refractivity contribution in [1.82, 2.24) is 9.97 Å². The van der Waals surface area contributed by atoms with Gasteiger partial charge in [-0.1, -0.05) is 41.6 Å². The van der Waals surface area contributed by atoms with Crippen molar-refractivity contribution in [3.8, 4) is 0 Å². The molecule has 0 aliphatic heterocycles. The summed E-state index contributed by atoms with van der Waals surface area (Å²) in [6, 6.07) is 13.0. The summed E-state index contributed by atoms with van der Waals surface area (Å²) >= 11 is 1.62. The van der Waals surface area contributed by atoms with Crippen molar-refractivity contribution in [3.05, 3.63) is 59.4 Å². The largest absolute Gasteiger partial charge is 0.333 e. The van der Waals surface area contributed by atoms with Gasteiger partial charge in [-0.25, -0.2) is 9.37 Å². The number of thioether (sulfide) groups is 1. The van der Waals surface area contributed by atoms with Crippen LogP contribution in [-0.2, 0) is 5.75 Å². The Labute approximate surface area is 115 Å². The molecular formula is C15H13FN2S. The molecule has 0 aliphatic rings. The highest BCUT2D eigenvalue weighted by atomic mass is 32.2. The van der Waals surface area contributed by atoms with Gasteiger partial charge in [-0.3, -0.25) is 0 Å². The molecule has 0 saturated heterocycles. The Hall–Kier alpha value is -1.81. The molecule has 0 bridgehead atoms. The van der Waals surface area contributed by atoms with Crippen molar-refractivity contribution < 1.29 is 4.39 Å². The van der Waals surface area contributed by atoms with Crippen LogP contribution in [0.2, 0.25) is 0 Å². The van der Waals surface area contributed by atoms with E-state index in [1.807, 2.05) is 0 Å². The minimum absolute atomic E-state index is 0.244. The number of nitrogens with one attached hydrogen (secondary N) is 1. The quantitative estimate of drug-likeness (QED) is 0.720. The van der Waals surface area contributed by atoms with Crippen LogP contribution in [0.5, 0.6) is 0 Å². The molecular weight excluding hydrogens is 259 g/mol. The van der Waals surface area contributed by atoms with Gasteiger partial charge in [-0.15, -0.1) is 0 Å². The minimum atomic E-state index is -0.244. The summed E-state index contributed by atoms with van der Waals surface area (Å²) in [6.45, 7) is 2.08. The van der Waals surface area contributed by atoms with Crippen LogP contribution >= 0.6 is 11.8 Å². The van der Waals surface area contributed by atoms with Crippen LogP contribution < -0.4 is 0 Å². The Bertz CT molecular complexity index is 721. The van der Waals surface area contributed by atoms with Gasteiger partial charge in [0.1, 0.15) is 5.82 Å². The van der Waals surface area contributed by atoms with E-state index >= 15 is 0 Å². The lowest BCUT2D eigenvalue weighted by Crippen LogP contribution is -1.82. The van der Waals surface area contributed by atoms with E-state index in [0.717, 1.165) is 21.9 Å². The van der Waals surface area contributed by atoms with Crippen LogP contribution in [0.3, 0.4) is 0 Å². The van der Waals surface area contributed by atoms with Gasteiger partial charge < -0.3 is 4.98 Å². The van der Waals surface area contributed by atoms with E-state index in [4.69, 9.17) is 0 Å². The standard InChI is InChI=1S/C15H13FN2S/c1-10-3-2-4-11(7-10)9-19-15-17-13-6-5-12(16)8-14(13)18-15/h2-8H,9H2,1H3,(H,17,18). The maximum absolute atomic E-state index is 13.1. The maximum atomic E-state index is 13.1. The lowest BCUT2D eigenvalue weighted by atomic mass is 10.2. The van der Waals surface area contributed by atoms with Crippen LogP contribution in [0.1, 0.15) is 11.1 Å². The number of hydrogen-bond acceptors (Lipinski definition) is 2. The highest BCUT2D eigenvalue weighted by Crippen LogP contribution is 2.23. The van der Waals surface area contributed by atoms with Gasteiger partial charge in [0.2, 0.25) is 0 Å². The van der Waals surface area contributed by atoms with Gasteiger partial charge >= 0.3 is 0 Å². The predicted octanol–water partition coefficient (Wildman–Crippen LogP) is 4.30. The highest BCUT2D eigenvalue weighted by molar-refractivity contribution is 7.98. The number of aryl methyl sites for hydroxylation is 1. The van der Waals surface area contributed by atoms with Gasteiger partial charge in [0.15, 0.2) is 5.16 Å². The lowest BCUT2D eigenvalue weighted by molar-refractivity contribution is 0.629. The van der Waals surface area contributed by atoms with Crippen molar-refractivity contribution in [2.24, 2.45) is 0 Å². The molecule has 2 aromatic carbocycles. The maximum Gasteiger partial charge on any atom is 0.166 e. The average molecular weight is 272 g/mol. The van der Waals surface area contributed by atoms with Crippen molar-refractivity contribution in [2.75, 3.05) is 0 Å². The van der Waals surface area contributed by atoms with Crippen LogP contribution in [0.25, 0.3) is 11.0 Å². The number of halogens is 1. The third kappa shape index (κ3) is 2.79. The van der Waals surface area contributed by atoms with Crippen molar-refractivity contribution in [3.63, 3.8) is 0 Å². The van der Waals surface area contributed by atoms with Gasteiger partial charge in [-0.2, -0.15) is 0 Å². The SMILES string of the molecule is Cc1cccc(CSc2nc3ccc(F)cc3[nH]2)c1. The number of nitrogens with zero attached hydrogens (tertiary/aromatic N) is 1. The molecule has 0 fully saturated rings. The lowest BCUT2D eigenvalue weighted by Gasteiger charge is -2.00. The van der Waals surface area contributed by atoms with Crippen molar-refractivity contribution >= 4 is 22.8 Å². The van der Waals surface area contributed by atoms with Crippen LogP contribution in [-0.4, -0.2) is 9.97 Å². The molecule has 0 radical (unpaired) electrons. The molecule has 0 aliphatic carbocycles. The molecule has 4 heteroatoms. The Morgan fingerprint density at radius 3 is 2.95 bits per heavy atom. The number of benzene rings is 2. The van der Waals surface area contributed by atoms with Crippen LogP contribution in [0, 0.1) is 12.7 Å². The fraction of sp³-hybridized carbons (Fsp3) is 0.133. The number of fused-ring (bicyclic) bond motifs is 1. The molecule has 19 heavy (non-hydrogen) atoms. The zero-order valence-corrected chi connectivity index (χ0v) is 11.3. The van der Waals surface area contributed by atoms with Gasteiger partial charge in [0.05, 0.1) is 11.0 Å². The van der Waals surface area contributed by atoms with Crippen molar-refractivity contribution in [1.29, 1.82) is 0 Å². The number of rotatable bonds is 3. The molecule has 0 atom stereocenters. The smallest absolute Gasteiger partial charge is 0.166 e. The van der Waals surface area contributed by atoms with E-state index in [0.29, 0.717) is 0 Å². The number of aromatic amines is 1. The second kappa shape index (κ2) is 5.05. The van der Waals surface area contributed by atoms with E-state index in [9.17, 15) is 4.39 Å². The topological polar surface area (TPSA) is 28.7 Å². The molecule has 3 rings (SSSR count). The minimum Gasteiger partial charge on any atom is -0.333 e. The van der Waals surface area contributed by atoms with E-state index in [1.54, 1.807) is 17.8 Å². The zero-order valence-electron chi connectivity index (χ0n) is 10.5. The molecule has 0 spiro atoms. The number of hydrogen-bond donors (Lipinski definition) is 1. The Kier molecular flexibility index (Phi) is 3.25. The first-order valence-corrected chi connectivity index (χ1v) is 7.03. The third-order valence-electron chi connectivity index (χ3n) is 2.88. The number of aromatic nitrogens is 2. The summed E-state index contributed by atoms with van der Waals surface area (Å²) in [5.41, 5.74) is 4.06. The van der Waals surface area contributed by atoms with Gasteiger partial charge in [-0.05, 0) is 30.7 Å². The summed E-state index contributed by atoms with van der Waals surface area (Å²) in [6.07, 6.45) is 0. The highest BCUT2D eigenvalue weighted by Gasteiger charge is 2.04. The van der Waals surface area contributed by atoms with E-state index in [2.05, 4.69) is 41.2 Å². The Balaban J connectivity index is 1.78. The first-order chi connectivity index (χ1) is 9.20. The fourth-order valence-electron chi connectivity index (χ4n) is 1.98. The molecule has 2 nitrogen and oxygen atoms in total. The molecule has 1 N–H and O–H groups in total. The molecule has 0 saturated carbocycles. The summed E-state index contributed by atoms with van der Waals surface area (Å²) < 4.78 is 13.1. The monoisotopic (exact) mass is 272 g/mol. The second-order valence-electron chi connectivity index (χ2n) is 4.48. The molecule has 1 aromatic heterocycles. The third-order valence-corrected chi connectivity index (χ3v) is 3.82. The Morgan fingerprint density at radius 2 is 2.11 bits per heavy atom. The first-order valence-electron chi connectivity index (χ1n) is 6.04. The first kappa shape index (κ1) is 12.2. The normalized spacial score (nSPS) is 11.1. The number of imidazole rings is 1. The van der Waals surface area contributed by atoms with Gasteiger partial charge in [0, 0.05) is 5.75 Å². The van der Waals surface area contributed by atoms with E-state index in [-0.39, 0.29) is 5.82 Å². The van der Waals surface area contributed by atoms with Crippen LogP contribution in [0.4, 0.5) is 4.39 Å².